The molecule has 0 unspecified atom stereocenters. The molecule has 0 aliphatic heterocycles. The Morgan fingerprint density at radius 3 is 1.67 bits per heavy atom. The average Bonchev–Trinajstić information content (AvgIpc) is 3.78. The van der Waals surface area contributed by atoms with Crippen LogP contribution in [0.2, 0.25) is 0 Å². The molecule has 0 atom stereocenters. The molecule has 0 spiro atoms. The minimum atomic E-state index is 0.942. The highest BCUT2D eigenvalue weighted by Gasteiger charge is 2.21. The molecule has 3 nitrogen and oxygen atoms in total. The minimum Gasteiger partial charge on any atom is -0.307 e. The van der Waals surface area contributed by atoms with Gasteiger partial charge in [-0.05, 0) is 59.0 Å². The molecule has 0 bridgehead atoms. The Morgan fingerprint density at radius 2 is 0.904 bits per heavy atom. The summed E-state index contributed by atoms with van der Waals surface area (Å²) in [5.41, 5.74) is 13.5. The second-order valence-electron chi connectivity index (χ2n) is 13.6. The van der Waals surface area contributed by atoms with Crippen LogP contribution in [-0.2, 0) is 0 Å². The fourth-order valence-electron chi connectivity index (χ4n) is 8.32. The third-order valence-corrected chi connectivity index (χ3v) is 10.6. The summed E-state index contributed by atoms with van der Waals surface area (Å²) in [6.07, 6.45) is 0. The maximum Gasteiger partial charge on any atom is 0.0788 e. The Hall–Kier alpha value is -6.97. The largest absolute Gasteiger partial charge is 0.307 e. The van der Waals surface area contributed by atoms with E-state index < -0.39 is 0 Å². The van der Waals surface area contributed by atoms with E-state index in [0.717, 1.165) is 33.8 Å². The SMILES string of the molecule is c1ccc(-c2cc(-c3ccccc3)nc(-c3cccc(-n4c5ccccc5c5ccc6c7ccccc7c7cc8ccccc8n7c6c54)c3)c2)cc1. The first-order valence-electron chi connectivity index (χ1n) is 17.8. The minimum absolute atomic E-state index is 0.942. The summed E-state index contributed by atoms with van der Waals surface area (Å²) in [6.45, 7) is 0. The molecule has 0 N–H and O–H groups in total. The van der Waals surface area contributed by atoms with E-state index >= 15 is 0 Å². The fraction of sp³-hybridized carbons (Fsp3) is 0. The van der Waals surface area contributed by atoms with Gasteiger partial charge in [-0.15, -0.1) is 0 Å². The topological polar surface area (TPSA) is 22.2 Å². The summed E-state index contributed by atoms with van der Waals surface area (Å²) in [5.74, 6) is 0. The van der Waals surface area contributed by atoms with Gasteiger partial charge in [0.25, 0.3) is 0 Å². The highest BCUT2D eigenvalue weighted by Crippen LogP contribution is 2.42. The number of pyridine rings is 2. The van der Waals surface area contributed by atoms with Crippen molar-refractivity contribution in [3.63, 3.8) is 0 Å². The monoisotopic (exact) mass is 661 g/mol. The molecular weight excluding hydrogens is 631 g/mol. The summed E-state index contributed by atoms with van der Waals surface area (Å²) >= 11 is 0. The summed E-state index contributed by atoms with van der Waals surface area (Å²) in [5, 5.41) is 7.46. The first-order valence-corrected chi connectivity index (χ1v) is 17.8. The molecule has 52 heavy (non-hydrogen) atoms. The molecule has 242 valence electrons. The molecular formula is C49H31N3. The van der Waals surface area contributed by atoms with E-state index in [4.69, 9.17) is 4.98 Å². The lowest BCUT2D eigenvalue weighted by Gasteiger charge is -2.15. The van der Waals surface area contributed by atoms with E-state index in [2.05, 4.69) is 197 Å². The van der Waals surface area contributed by atoms with Gasteiger partial charge in [-0.1, -0.05) is 146 Å². The number of nitrogens with zero attached hydrogens (tertiary/aromatic N) is 3. The van der Waals surface area contributed by atoms with Crippen LogP contribution in [0.5, 0.6) is 0 Å². The van der Waals surface area contributed by atoms with Crippen molar-refractivity contribution in [2.24, 2.45) is 0 Å². The quantitative estimate of drug-likeness (QED) is 0.172. The van der Waals surface area contributed by atoms with Crippen LogP contribution in [0.1, 0.15) is 0 Å². The van der Waals surface area contributed by atoms with Crippen LogP contribution >= 0.6 is 0 Å². The van der Waals surface area contributed by atoms with Gasteiger partial charge >= 0.3 is 0 Å². The van der Waals surface area contributed by atoms with Crippen molar-refractivity contribution in [3.05, 3.63) is 188 Å². The standard InChI is InChI=1S/C49H31N3/c1-3-14-32(15-4-1)36-29-43(33-16-5-2-6-17-33)50-44(30-36)34-19-13-20-37(28-34)51-46-25-12-10-23-40(46)42-27-26-41-38-21-8-9-22-39(38)47-31-35-18-7-11-24-45(35)52(47)49(41)48(42)51/h1-31H. The lowest BCUT2D eigenvalue weighted by molar-refractivity contribution is 1.18. The molecule has 4 aromatic heterocycles. The summed E-state index contributed by atoms with van der Waals surface area (Å²) < 4.78 is 4.96. The molecule has 11 rings (SSSR count). The zero-order valence-corrected chi connectivity index (χ0v) is 28.2. The first-order chi connectivity index (χ1) is 25.8. The van der Waals surface area contributed by atoms with E-state index in [9.17, 15) is 0 Å². The Bertz CT molecular complexity index is 3110. The van der Waals surface area contributed by atoms with Crippen LogP contribution in [0.15, 0.2) is 188 Å². The second kappa shape index (κ2) is 11.3. The van der Waals surface area contributed by atoms with Gasteiger partial charge in [-0.2, -0.15) is 0 Å². The molecule has 0 fully saturated rings. The van der Waals surface area contributed by atoms with Crippen LogP contribution in [-0.4, -0.2) is 14.0 Å². The van der Waals surface area contributed by atoms with Crippen molar-refractivity contribution in [2.75, 3.05) is 0 Å². The molecule has 0 radical (unpaired) electrons. The fourth-order valence-corrected chi connectivity index (χ4v) is 8.32. The van der Waals surface area contributed by atoms with Crippen molar-refractivity contribution in [1.29, 1.82) is 0 Å². The molecule has 0 saturated heterocycles. The zero-order valence-electron chi connectivity index (χ0n) is 28.2. The summed E-state index contributed by atoms with van der Waals surface area (Å²) in [4.78, 5) is 5.29. The second-order valence-corrected chi connectivity index (χ2v) is 13.6. The van der Waals surface area contributed by atoms with Gasteiger partial charge < -0.3 is 8.97 Å². The number of para-hydroxylation sites is 2. The maximum atomic E-state index is 5.29. The molecule has 7 aromatic carbocycles. The number of aromatic nitrogens is 3. The van der Waals surface area contributed by atoms with E-state index in [1.807, 2.05) is 0 Å². The Labute approximate surface area is 300 Å². The zero-order chi connectivity index (χ0) is 34.2. The molecule has 0 aliphatic carbocycles. The van der Waals surface area contributed by atoms with Gasteiger partial charge in [0.05, 0.1) is 39.0 Å². The van der Waals surface area contributed by atoms with Gasteiger partial charge in [-0.25, -0.2) is 4.98 Å². The van der Waals surface area contributed by atoms with Crippen molar-refractivity contribution in [2.45, 2.75) is 0 Å². The van der Waals surface area contributed by atoms with Crippen molar-refractivity contribution in [1.82, 2.24) is 14.0 Å². The van der Waals surface area contributed by atoms with Crippen LogP contribution in [0.3, 0.4) is 0 Å². The molecule has 0 aliphatic rings. The highest BCUT2D eigenvalue weighted by atomic mass is 15.0. The normalized spacial score (nSPS) is 11.8. The number of rotatable bonds is 4. The van der Waals surface area contributed by atoms with Gasteiger partial charge in [0.2, 0.25) is 0 Å². The predicted octanol–water partition coefficient (Wildman–Crippen LogP) is 12.9. The highest BCUT2D eigenvalue weighted by molar-refractivity contribution is 6.25. The number of hydrogen-bond acceptors (Lipinski definition) is 1. The van der Waals surface area contributed by atoms with Crippen molar-refractivity contribution >= 4 is 59.9 Å². The first kappa shape index (κ1) is 28.8. The molecule has 3 heteroatoms. The van der Waals surface area contributed by atoms with E-state index in [0.29, 0.717) is 0 Å². The van der Waals surface area contributed by atoms with Crippen LogP contribution in [0.25, 0.3) is 99.2 Å². The average molecular weight is 662 g/mol. The van der Waals surface area contributed by atoms with Crippen molar-refractivity contribution in [3.8, 4) is 39.3 Å². The lowest BCUT2D eigenvalue weighted by Crippen LogP contribution is -1.99. The van der Waals surface area contributed by atoms with Crippen LogP contribution < -0.4 is 0 Å². The van der Waals surface area contributed by atoms with E-state index in [1.165, 1.54) is 65.5 Å². The maximum absolute atomic E-state index is 5.29. The summed E-state index contributed by atoms with van der Waals surface area (Å²) in [6, 6.07) is 67.8. The van der Waals surface area contributed by atoms with Crippen LogP contribution in [0.4, 0.5) is 0 Å². The molecule has 0 saturated carbocycles. The molecule has 0 amide bonds. The molecule has 4 heterocycles. The third-order valence-electron chi connectivity index (χ3n) is 10.6. The molecule has 11 aromatic rings. The number of hydrogen-bond donors (Lipinski definition) is 0. The Balaban J connectivity index is 1.24. The Kier molecular flexibility index (Phi) is 6.25. The van der Waals surface area contributed by atoms with E-state index in [-0.39, 0.29) is 0 Å². The predicted molar refractivity (Wildman–Crippen MR) is 218 cm³/mol. The van der Waals surface area contributed by atoms with Gasteiger partial charge in [0, 0.05) is 43.7 Å². The van der Waals surface area contributed by atoms with E-state index in [1.54, 1.807) is 0 Å². The third kappa shape index (κ3) is 4.30. The number of fused-ring (bicyclic) bond motifs is 12. The van der Waals surface area contributed by atoms with Crippen LogP contribution in [0, 0.1) is 0 Å². The number of benzene rings is 7. The van der Waals surface area contributed by atoms with Crippen molar-refractivity contribution < 1.29 is 0 Å². The van der Waals surface area contributed by atoms with Gasteiger partial charge in [0.1, 0.15) is 0 Å². The lowest BCUT2D eigenvalue weighted by atomic mass is 10.00. The summed E-state index contributed by atoms with van der Waals surface area (Å²) in [7, 11) is 0. The van der Waals surface area contributed by atoms with Gasteiger partial charge in [-0.3, -0.25) is 0 Å². The smallest absolute Gasteiger partial charge is 0.0788 e. The Morgan fingerprint density at radius 1 is 0.327 bits per heavy atom. The van der Waals surface area contributed by atoms with Gasteiger partial charge in [0.15, 0.2) is 0 Å².